The summed E-state index contributed by atoms with van der Waals surface area (Å²) in [5.41, 5.74) is -0.527. The highest BCUT2D eigenvalue weighted by atomic mass is 16.6. The molecule has 3 unspecified atom stereocenters. The highest BCUT2D eigenvalue weighted by molar-refractivity contribution is 5.68. The van der Waals surface area contributed by atoms with Crippen LogP contribution in [0.1, 0.15) is 40.0 Å². The van der Waals surface area contributed by atoms with Crippen LogP contribution in [0, 0.1) is 5.92 Å². The van der Waals surface area contributed by atoms with Crippen molar-refractivity contribution in [1.82, 2.24) is 5.32 Å². The first-order valence-electron chi connectivity index (χ1n) is 6.66. The lowest BCUT2D eigenvalue weighted by molar-refractivity contribution is 0.0119. The van der Waals surface area contributed by atoms with Crippen LogP contribution in [0.25, 0.3) is 0 Å². The minimum atomic E-state index is -0.636. The molecular weight excluding hydrogens is 234 g/mol. The van der Waals surface area contributed by atoms with Gasteiger partial charge in [0.15, 0.2) is 0 Å². The van der Waals surface area contributed by atoms with Gasteiger partial charge in [0.1, 0.15) is 11.7 Å². The summed E-state index contributed by atoms with van der Waals surface area (Å²) in [6.07, 6.45) is 2.25. The van der Waals surface area contributed by atoms with Gasteiger partial charge >= 0.3 is 6.09 Å². The lowest BCUT2D eigenvalue weighted by atomic mass is 9.78. The van der Waals surface area contributed by atoms with Gasteiger partial charge in [0.25, 0.3) is 0 Å². The number of carbonyl (C=O) groups excluding carboxylic acids is 1. The Labute approximate surface area is 108 Å². The van der Waals surface area contributed by atoms with Crippen molar-refractivity contribution < 1.29 is 19.4 Å². The molecule has 1 aliphatic carbocycles. The molecule has 0 aromatic heterocycles. The molecule has 18 heavy (non-hydrogen) atoms. The van der Waals surface area contributed by atoms with E-state index in [9.17, 15) is 9.90 Å². The van der Waals surface area contributed by atoms with Gasteiger partial charge < -0.3 is 19.9 Å². The quantitative estimate of drug-likeness (QED) is 0.785. The second-order valence-corrected chi connectivity index (χ2v) is 6.23. The number of nitrogens with one attached hydrogen (secondary N) is 1. The minimum Gasteiger partial charge on any atom is -0.444 e. The largest absolute Gasteiger partial charge is 0.444 e. The zero-order chi connectivity index (χ0) is 13.3. The van der Waals surface area contributed by atoms with Crippen LogP contribution < -0.4 is 5.32 Å². The predicted octanol–water partition coefficient (Wildman–Crippen LogP) is 1.44. The first-order chi connectivity index (χ1) is 8.37. The fraction of sp³-hybridized carbons (Fsp3) is 0.923. The van der Waals surface area contributed by atoms with Gasteiger partial charge in [-0.3, -0.25) is 0 Å². The Balaban J connectivity index is 1.90. The second kappa shape index (κ2) is 5.05. The van der Waals surface area contributed by atoms with Crippen molar-refractivity contribution in [3.8, 4) is 0 Å². The van der Waals surface area contributed by atoms with Crippen molar-refractivity contribution in [1.29, 1.82) is 0 Å². The van der Waals surface area contributed by atoms with E-state index in [1.165, 1.54) is 6.42 Å². The van der Waals surface area contributed by atoms with E-state index in [4.69, 9.17) is 9.47 Å². The van der Waals surface area contributed by atoms with E-state index in [0.29, 0.717) is 12.5 Å². The summed E-state index contributed by atoms with van der Waals surface area (Å²) in [6.45, 7) is 5.74. The van der Waals surface area contributed by atoms with E-state index < -0.39 is 17.8 Å². The van der Waals surface area contributed by atoms with Crippen LogP contribution in [0.4, 0.5) is 4.79 Å². The van der Waals surface area contributed by atoms with Crippen molar-refractivity contribution in [2.75, 3.05) is 6.61 Å². The fourth-order valence-electron chi connectivity index (χ4n) is 2.46. The number of alkyl carbamates (subject to hydrolysis) is 1. The first kappa shape index (κ1) is 13.6. The number of rotatable bonds is 2. The highest BCUT2D eigenvalue weighted by Crippen LogP contribution is 2.35. The number of hydrogen-bond acceptors (Lipinski definition) is 4. The Morgan fingerprint density at radius 1 is 1.39 bits per heavy atom. The third kappa shape index (κ3) is 3.14. The van der Waals surface area contributed by atoms with Gasteiger partial charge in [0.2, 0.25) is 0 Å². The Morgan fingerprint density at radius 2 is 2.06 bits per heavy atom. The van der Waals surface area contributed by atoms with Crippen LogP contribution in [0.2, 0.25) is 0 Å². The molecule has 1 saturated carbocycles. The summed E-state index contributed by atoms with van der Waals surface area (Å²) in [5, 5.41) is 12.6. The molecular formula is C13H23NO4. The fourth-order valence-corrected chi connectivity index (χ4v) is 2.46. The van der Waals surface area contributed by atoms with E-state index >= 15 is 0 Å². The lowest BCUT2D eigenvalue weighted by Gasteiger charge is -2.34. The van der Waals surface area contributed by atoms with Gasteiger partial charge in [-0.25, -0.2) is 4.79 Å². The molecule has 0 aromatic carbocycles. The molecule has 2 rings (SSSR count). The molecule has 5 heteroatoms. The average molecular weight is 257 g/mol. The van der Waals surface area contributed by atoms with Gasteiger partial charge in [0.05, 0.1) is 18.8 Å². The number of aliphatic hydroxyl groups is 1. The maximum Gasteiger partial charge on any atom is 0.408 e. The standard InChI is InChI=1S/C13H23NO4/c1-13(2,3)18-12(16)14-10-9(15)7-17-11(10)8-5-4-6-8/h8-11,15H,4-7H2,1-3H3,(H,14,16). The van der Waals surface area contributed by atoms with Gasteiger partial charge in [0, 0.05) is 0 Å². The van der Waals surface area contributed by atoms with E-state index in [0.717, 1.165) is 12.8 Å². The summed E-state index contributed by atoms with van der Waals surface area (Å²) >= 11 is 0. The summed E-state index contributed by atoms with van der Waals surface area (Å²) in [7, 11) is 0. The Kier molecular flexibility index (Phi) is 3.82. The second-order valence-electron chi connectivity index (χ2n) is 6.23. The zero-order valence-corrected chi connectivity index (χ0v) is 11.3. The Bertz CT molecular complexity index is 309. The van der Waals surface area contributed by atoms with Crippen molar-refractivity contribution in [3.05, 3.63) is 0 Å². The van der Waals surface area contributed by atoms with Crippen LogP contribution in [-0.4, -0.2) is 41.7 Å². The molecule has 1 amide bonds. The summed E-state index contributed by atoms with van der Waals surface area (Å²) in [4.78, 5) is 11.7. The van der Waals surface area contributed by atoms with Crippen molar-refractivity contribution in [2.24, 2.45) is 5.92 Å². The molecule has 2 N–H and O–H groups in total. The van der Waals surface area contributed by atoms with Crippen LogP contribution in [-0.2, 0) is 9.47 Å². The van der Waals surface area contributed by atoms with Crippen molar-refractivity contribution in [3.63, 3.8) is 0 Å². The smallest absolute Gasteiger partial charge is 0.408 e. The van der Waals surface area contributed by atoms with Gasteiger partial charge in [-0.15, -0.1) is 0 Å². The maximum absolute atomic E-state index is 11.7. The first-order valence-corrected chi connectivity index (χ1v) is 6.66. The molecule has 0 bridgehead atoms. The molecule has 0 aromatic rings. The number of hydrogen-bond donors (Lipinski definition) is 2. The summed E-state index contributed by atoms with van der Waals surface area (Å²) in [5.74, 6) is 0.460. The molecule has 2 fully saturated rings. The molecule has 104 valence electrons. The maximum atomic E-state index is 11.7. The Hall–Kier alpha value is -0.810. The number of amides is 1. The molecule has 5 nitrogen and oxygen atoms in total. The van der Waals surface area contributed by atoms with E-state index in [1.807, 2.05) is 20.8 Å². The van der Waals surface area contributed by atoms with Gasteiger partial charge in [-0.05, 0) is 39.5 Å². The topological polar surface area (TPSA) is 67.8 Å². The SMILES string of the molecule is CC(C)(C)OC(=O)NC1C(O)COC1C1CCC1. The molecule has 0 spiro atoms. The molecule has 3 atom stereocenters. The van der Waals surface area contributed by atoms with Crippen molar-refractivity contribution in [2.45, 2.75) is 63.9 Å². The summed E-state index contributed by atoms with van der Waals surface area (Å²) in [6, 6.07) is -0.342. The molecule has 1 aliphatic heterocycles. The zero-order valence-electron chi connectivity index (χ0n) is 11.3. The van der Waals surface area contributed by atoms with Crippen LogP contribution in [0.15, 0.2) is 0 Å². The van der Waals surface area contributed by atoms with Gasteiger partial charge in [-0.2, -0.15) is 0 Å². The lowest BCUT2D eigenvalue weighted by Crippen LogP contribution is -2.51. The minimum absolute atomic E-state index is 0.0683. The number of carbonyl (C=O) groups is 1. The van der Waals surface area contributed by atoms with Crippen molar-refractivity contribution >= 4 is 6.09 Å². The van der Waals surface area contributed by atoms with Crippen LogP contribution in [0.3, 0.4) is 0 Å². The number of aliphatic hydroxyl groups excluding tert-OH is 1. The van der Waals surface area contributed by atoms with Crippen LogP contribution >= 0.6 is 0 Å². The monoisotopic (exact) mass is 257 g/mol. The molecule has 1 heterocycles. The number of ether oxygens (including phenoxy) is 2. The predicted molar refractivity (Wildman–Crippen MR) is 66.2 cm³/mol. The third-order valence-corrected chi connectivity index (χ3v) is 3.53. The molecule has 1 saturated heterocycles. The van der Waals surface area contributed by atoms with Gasteiger partial charge in [-0.1, -0.05) is 6.42 Å². The molecule has 0 radical (unpaired) electrons. The normalized spacial score (nSPS) is 33.0. The third-order valence-electron chi connectivity index (χ3n) is 3.53. The van der Waals surface area contributed by atoms with Crippen LogP contribution in [0.5, 0.6) is 0 Å². The average Bonchev–Trinajstić information content (AvgIpc) is 2.44. The molecule has 2 aliphatic rings. The highest BCUT2D eigenvalue weighted by Gasteiger charge is 2.43. The van der Waals surface area contributed by atoms with E-state index in [2.05, 4.69) is 5.32 Å². The van der Waals surface area contributed by atoms with E-state index in [-0.39, 0.29) is 12.1 Å². The Morgan fingerprint density at radius 3 is 2.56 bits per heavy atom. The summed E-state index contributed by atoms with van der Waals surface area (Å²) < 4.78 is 10.8. The van der Waals surface area contributed by atoms with E-state index in [1.54, 1.807) is 0 Å².